The number of ketones is 2. The third-order valence-electron chi connectivity index (χ3n) is 3.62. The van der Waals surface area contributed by atoms with E-state index in [-0.39, 0.29) is 17.3 Å². The van der Waals surface area contributed by atoms with Crippen molar-refractivity contribution in [1.29, 1.82) is 0 Å². The van der Waals surface area contributed by atoms with Gasteiger partial charge in [0.25, 0.3) is 0 Å². The molecule has 0 saturated carbocycles. The van der Waals surface area contributed by atoms with Crippen LogP contribution in [0.3, 0.4) is 0 Å². The Kier molecular flexibility index (Phi) is 3.74. The van der Waals surface area contributed by atoms with Gasteiger partial charge in [-0.1, -0.05) is 36.4 Å². The van der Waals surface area contributed by atoms with E-state index in [4.69, 9.17) is 0 Å². The minimum Gasteiger partial charge on any atom is -0.508 e. The topological polar surface area (TPSA) is 66.4 Å². The van der Waals surface area contributed by atoms with E-state index < -0.39 is 0 Å². The number of rotatable bonds is 4. The second kappa shape index (κ2) is 5.85. The van der Waals surface area contributed by atoms with Gasteiger partial charge in [-0.05, 0) is 24.1 Å². The summed E-state index contributed by atoms with van der Waals surface area (Å²) in [7, 11) is 0. The highest BCUT2D eigenvalue weighted by atomic mass is 16.3. The van der Waals surface area contributed by atoms with E-state index in [9.17, 15) is 14.7 Å². The molecule has 22 heavy (non-hydrogen) atoms. The number of fused-ring (bicyclic) bond motifs is 1. The Morgan fingerprint density at radius 3 is 2.32 bits per heavy atom. The predicted molar refractivity (Wildman–Crippen MR) is 83.0 cm³/mol. The fraction of sp³-hybridized carbons (Fsp3) is 0.111. The summed E-state index contributed by atoms with van der Waals surface area (Å²) < 4.78 is 0. The lowest BCUT2D eigenvalue weighted by Gasteiger charge is -2.16. The highest BCUT2D eigenvalue weighted by molar-refractivity contribution is 6.24. The van der Waals surface area contributed by atoms with E-state index in [0.29, 0.717) is 29.8 Å². The summed E-state index contributed by atoms with van der Waals surface area (Å²) in [6.07, 6.45) is 2.06. The lowest BCUT2D eigenvalue weighted by molar-refractivity contribution is 0.0978. The number of Topliss-reactive ketones (excluding diaryl/α,β-unsaturated/α-hetero) is 1. The van der Waals surface area contributed by atoms with Gasteiger partial charge in [0.05, 0.1) is 5.70 Å². The average molecular weight is 293 g/mol. The maximum Gasteiger partial charge on any atom is 0.209 e. The monoisotopic (exact) mass is 293 g/mol. The van der Waals surface area contributed by atoms with Gasteiger partial charge in [-0.2, -0.15) is 0 Å². The summed E-state index contributed by atoms with van der Waals surface area (Å²) in [6.45, 7) is 0.539. The minimum absolute atomic E-state index is 0.151. The summed E-state index contributed by atoms with van der Waals surface area (Å²) in [6, 6.07) is 13.7. The molecule has 0 fully saturated rings. The van der Waals surface area contributed by atoms with Gasteiger partial charge in [-0.25, -0.2) is 0 Å². The Bertz CT molecular complexity index is 760. The number of allylic oxidation sites excluding steroid dienone is 2. The normalized spacial score (nSPS) is 13.5. The molecule has 0 unspecified atom stereocenters. The van der Waals surface area contributed by atoms with Crippen molar-refractivity contribution < 1.29 is 14.7 Å². The molecule has 2 N–H and O–H groups in total. The van der Waals surface area contributed by atoms with Crippen LogP contribution in [0.15, 0.2) is 60.3 Å². The van der Waals surface area contributed by atoms with E-state index in [2.05, 4.69) is 5.32 Å². The molecule has 0 aromatic heterocycles. The largest absolute Gasteiger partial charge is 0.508 e. The molecule has 110 valence electrons. The van der Waals surface area contributed by atoms with Crippen molar-refractivity contribution in [1.82, 2.24) is 5.32 Å². The van der Waals surface area contributed by atoms with Crippen molar-refractivity contribution in [3.8, 4) is 5.75 Å². The Morgan fingerprint density at radius 2 is 1.59 bits per heavy atom. The van der Waals surface area contributed by atoms with Crippen LogP contribution in [0.25, 0.3) is 0 Å². The maximum atomic E-state index is 12.3. The van der Waals surface area contributed by atoms with Gasteiger partial charge in [0, 0.05) is 23.7 Å². The first-order valence-electron chi connectivity index (χ1n) is 7.07. The Hall–Kier alpha value is -2.88. The van der Waals surface area contributed by atoms with Gasteiger partial charge in [-0.3, -0.25) is 9.59 Å². The first-order valence-corrected chi connectivity index (χ1v) is 7.07. The van der Waals surface area contributed by atoms with Crippen LogP contribution < -0.4 is 5.32 Å². The van der Waals surface area contributed by atoms with E-state index in [1.165, 1.54) is 6.08 Å². The number of hydrogen-bond acceptors (Lipinski definition) is 4. The second-order valence-corrected chi connectivity index (χ2v) is 5.14. The van der Waals surface area contributed by atoms with Crippen molar-refractivity contribution in [2.24, 2.45) is 0 Å². The first kappa shape index (κ1) is 14.1. The molecule has 4 nitrogen and oxygen atoms in total. The van der Waals surface area contributed by atoms with Crippen molar-refractivity contribution in [2.45, 2.75) is 6.42 Å². The zero-order valence-electron chi connectivity index (χ0n) is 11.9. The third kappa shape index (κ3) is 2.76. The number of benzene rings is 2. The fourth-order valence-corrected chi connectivity index (χ4v) is 2.45. The number of nitrogens with one attached hydrogen (secondary N) is 1. The molecular weight excluding hydrogens is 278 g/mol. The standard InChI is InChI=1S/C18H15NO3/c20-13-7-5-12(6-8-13)9-10-19-16-11-17(21)14-3-1-2-4-15(14)18(16)22/h1-8,11,19-20H,9-10H2. The molecule has 2 aromatic carbocycles. The Balaban J connectivity index is 1.67. The molecule has 0 bridgehead atoms. The molecule has 0 atom stereocenters. The van der Waals surface area contributed by atoms with Gasteiger partial charge in [0.1, 0.15) is 5.75 Å². The summed E-state index contributed by atoms with van der Waals surface area (Å²) in [5.41, 5.74) is 2.28. The molecule has 0 saturated heterocycles. The molecular formula is C18H15NO3. The molecule has 0 spiro atoms. The number of aromatic hydroxyl groups is 1. The lowest BCUT2D eigenvalue weighted by atomic mass is 9.93. The fourth-order valence-electron chi connectivity index (χ4n) is 2.45. The van der Waals surface area contributed by atoms with Gasteiger partial charge in [0.15, 0.2) is 5.78 Å². The predicted octanol–water partition coefficient (Wildman–Crippen LogP) is 2.49. The van der Waals surface area contributed by atoms with Crippen LogP contribution in [-0.2, 0) is 6.42 Å². The van der Waals surface area contributed by atoms with Gasteiger partial charge in [0.2, 0.25) is 5.78 Å². The molecule has 0 radical (unpaired) electrons. The van der Waals surface area contributed by atoms with Crippen LogP contribution in [0.4, 0.5) is 0 Å². The van der Waals surface area contributed by atoms with Crippen LogP contribution >= 0.6 is 0 Å². The highest BCUT2D eigenvalue weighted by Gasteiger charge is 2.24. The van der Waals surface area contributed by atoms with Crippen molar-refractivity contribution in [3.63, 3.8) is 0 Å². The Labute approximate surface area is 128 Å². The van der Waals surface area contributed by atoms with E-state index >= 15 is 0 Å². The summed E-state index contributed by atoms with van der Waals surface area (Å²) >= 11 is 0. The molecule has 0 aliphatic heterocycles. The average Bonchev–Trinajstić information content (AvgIpc) is 2.54. The summed E-state index contributed by atoms with van der Waals surface area (Å²) in [5, 5.41) is 12.3. The SMILES string of the molecule is O=C1C=C(NCCc2ccc(O)cc2)C(=O)c2ccccc21. The summed E-state index contributed by atoms with van der Waals surface area (Å²) in [4.78, 5) is 24.3. The van der Waals surface area contributed by atoms with Gasteiger partial charge >= 0.3 is 0 Å². The van der Waals surface area contributed by atoms with Crippen molar-refractivity contribution in [3.05, 3.63) is 77.0 Å². The van der Waals surface area contributed by atoms with E-state index in [1.807, 2.05) is 12.1 Å². The quantitative estimate of drug-likeness (QED) is 0.909. The van der Waals surface area contributed by atoms with Crippen LogP contribution in [0.2, 0.25) is 0 Å². The van der Waals surface area contributed by atoms with Crippen LogP contribution in [0.5, 0.6) is 5.75 Å². The molecule has 0 heterocycles. The number of phenols is 1. The number of hydrogen-bond donors (Lipinski definition) is 2. The van der Waals surface area contributed by atoms with E-state index in [0.717, 1.165) is 5.56 Å². The Morgan fingerprint density at radius 1 is 0.909 bits per heavy atom. The maximum absolute atomic E-state index is 12.3. The zero-order chi connectivity index (χ0) is 15.5. The molecule has 3 rings (SSSR count). The molecule has 4 heteroatoms. The lowest BCUT2D eigenvalue weighted by Crippen LogP contribution is -2.28. The van der Waals surface area contributed by atoms with Crippen molar-refractivity contribution in [2.75, 3.05) is 6.54 Å². The van der Waals surface area contributed by atoms with Gasteiger partial charge in [-0.15, -0.1) is 0 Å². The first-order chi connectivity index (χ1) is 10.6. The second-order valence-electron chi connectivity index (χ2n) is 5.14. The van der Waals surface area contributed by atoms with Gasteiger partial charge < -0.3 is 10.4 Å². The van der Waals surface area contributed by atoms with Crippen LogP contribution in [-0.4, -0.2) is 23.2 Å². The molecule has 0 amide bonds. The third-order valence-corrected chi connectivity index (χ3v) is 3.62. The summed E-state index contributed by atoms with van der Waals surface area (Å²) in [5.74, 6) is -0.0766. The molecule has 1 aliphatic rings. The number of phenolic OH excluding ortho intramolecular Hbond substituents is 1. The molecule has 2 aromatic rings. The van der Waals surface area contributed by atoms with Crippen LogP contribution in [0.1, 0.15) is 26.3 Å². The van der Waals surface area contributed by atoms with Crippen molar-refractivity contribution >= 4 is 11.6 Å². The number of carbonyl (C=O) groups excluding carboxylic acids is 2. The highest BCUT2D eigenvalue weighted by Crippen LogP contribution is 2.19. The minimum atomic E-state index is -0.152. The van der Waals surface area contributed by atoms with Crippen LogP contribution in [0, 0.1) is 0 Å². The molecule has 1 aliphatic carbocycles. The smallest absolute Gasteiger partial charge is 0.209 e. The number of carbonyl (C=O) groups is 2. The van der Waals surface area contributed by atoms with E-state index in [1.54, 1.807) is 36.4 Å². The zero-order valence-corrected chi connectivity index (χ0v) is 11.9.